The third kappa shape index (κ3) is 5.65. The Morgan fingerprint density at radius 3 is 2.60 bits per heavy atom. The Morgan fingerprint density at radius 2 is 1.92 bits per heavy atom. The monoisotopic (exact) mass is 385 g/mol. The van der Waals surface area contributed by atoms with Gasteiger partial charge in [0, 0.05) is 5.02 Å². The van der Waals surface area contributed by atoms with E-state index in [9.17, 15) is 4.79 Å². The van der Waals surface area contributed by atoms with E-state index >= 15 is 0 Å². The number of carbonyl (C=O) groups excluding carboxylic acids is 1. The van der Waals surface area contributed by atoms with Crippen LogP contribution in [0.15, 0.2) is 24.4 Å². The zero-order chi connectivity index (χ0) is 18.2. The van der Waals surface area contributed by atoms with E-state index in [1.54, 1.807) is 19.1 Å². The molecular formula is C16H17Cl2N3O4. The highest BCUT2D eigenvalue weighted by Gasteiger charge is 2.13. The van der Waals surface area contributed by atoms with Crippen molar-refractivity contribution >= 4 is 34.8 Å². The molecule has 2 aromatic rings. The molecule has 1 amide bonds. The van der Waals surface area contributed by atoms with E-state index in [-0.39, 0.29) is 18.5 Å². The van der Waals surface area contributed by atoms with Gasteiger partial charge in [0.2, 0.25) is 5.88 Å². The molecule has 7 nitrogen and oxygen atoms in total. The topological polar surface area (TPSA) is 82.6 Å². The first-order valence-electron chi connectivity index (χ1n) is 7.53. The number of hydrogen-bond donors (Lipinski definition) is 1. The number of carbonyl (C=O) groups is 1. The van der Waals surface area contributed by atoms with Gasteiger partial charge in [0.15, 0.2) is 6.61 Å². The average molecular weight is 386 g/mol. The van der Waals surface area contributed by atoms with Crippen molar-refractivity contribution in [2.24, 2.45) is 0 Å². The van der Waals surface area contributed by atoms with Crippen molar-refractivity contribution in [1.29, 1.82) is 0 Å². The summed E-state index contributed by atoms with van der Waals surface area (Å²) in [6.07, 6.45) is 1.41. The average Bonchev–Trinajstić information content (AvgIpc) is 2.57. The van der Waals surface area contributed by atoms with Crippen LogP contribution in [-0.2, 0) is 4.79 Å². The van der Waals surface area contributed by atoms with Gasteiger partial charge in [-0.25, -0.2) is 4.98 Å². The molecule has 9 heteroatoms. The third-order valence-electron chi connectivity index (χ3n) is 2.81. The van der Waals surface area contributed by atoms with Crippen molar-refractivity contribution in [1.82, 2.24) is 9.97 Å². The lowest BCUT2D eigenvalue weighted by Crippen LogP contribution is -2.21. The summed E-state index contributed by atoms with van der Waals surface area (Å²) in [5.41, 5.74) is 0.320. The van der Waals surface area contributed by atoms with Crippen molar-refractivity contribution in [2.75, 3.05) is 25.1 Å². The van der Waals surface area contributed by atoms with Crippen LogP contribution >= 0.6 is 23.2 Å². The molecule has 0 atom stereocenters. The van der Waals surface area contributed by atoms with Crippen LogP contribution in [0.1, 0.15) is 13.8 Å². The fourth-order valence-electron chi connectivity index (χ4n) is 1.80. The van der Waals surface area contributed by atoms with Crippen molar-refractivity contribution in [3.8, 4) is 17.6 Å². The molecule has 0 unspecified atom stereocenters. The minimum absolute atomic E-state index is 0.174. The first kappa shape index (κ1) is 19.1. The molecular weight excluding hydrogens is 369 g/mol. The second-order valence-corrected chi connectivity index (χ2v) is 5.49. The maximum absolute atomic E-state index is 12.1. The highest BCUT2D eigenvalue weighted by atomic mass is 35.5. The van der Waals surface area contributed by atoms with Crippen LogP contribution in [0.4, 0.5) is 5.69 Å². The van der Waals surface area contributed by atoms with Gasteiger partial charge < -0.3 is 19.5 Å². The van der Waals surface area contributed by atoms with Gasteiger partial charge in [-0.05, 0) is 32.0 Å². The van der Waals surface area contributed by atoms with Crippen LogP contribution in [0.25, 0.3) is 0 Å². The second-order valence-electron chi connectivity index (χ2n) is 4.65. The number of nitrogens with one attached hydrogen (secondary N) is 1. The lowest BCUT2D eigenvalue weighted by Gasteiger charge is -2.12. The van der Waals surface area contributed by atoms with E-state index in [0.717, 1.165) is 0 Å². The van der Waals surface area contributed by atoms with Gasteiger partial charge in [0.25, 0.3) is 5.91 Å². The van der Waals surface area contributed by atoms with Gasteiger partial charge in [-0.3, -0.25) is 4.79 Å². The second kappa shape index (κ2) is 9.29. The summed E-state index contributed by atoms with van der Waals surface area (Å²) in [5.74, 6) is 0.160. The summed E-state index contributed by atoms with van der Waals surface area (Å²) in [4.78, 5) is 20.2. The highest BCUT2D eigenvalue weighted by molar-refractivity contribution is 6.35. The molecule has 1 aromatic heterocycles. The van der Waals surface area contributed by atoms with Crippen LogP contribution in [-0.4, -0.2) is 35.7 Å². The largest absolute Gasteiger partial charge is 0.482 e. The Balaban J connectivity index is 2.01. The predicted molar refractivity (Wildman–Crippen MR) is 95.0 cm³/mol. The van der Waals surface area contributed by atoms with Crippen molar-refractivity contribution in [3.05, 3.63) is 34.4 Å². The van der Waals surface area contributed by atoms with Crippen molar-refractivity contribution in [3.63, 3.8) is 0 Å². The normalized spacial score (nSPS) is 10.2. The molecule has 25 heavy (non-hydrogen) atoms. The SMILES string of the molecule is CCOc1ncc(NC(=O)COc2ccc(Cl)cc2Cl)c(OCC)n1. The number of anilines is 1. The molecule has 0 bridgehead atoms. The molecule has 1 N–H and O–H groups in total. The summed E-state index contributed by atoms with van der Waals surface area (Å²) < 4.78 is 16.0. The number of ether oxygens (including phenoxy) is 3. The van der Waals surface area contributed by atoms with Gasteiger partial charge in [0.05, 0.1) is 24.4 Å². The first-order valence-corrected chi connectivity index (χ1v) is 8.29. The van der Waals surface area contributed by atoms with E-state index in [0.29, 0.717) is 34.7 Å². The first-order chi connectivity index (χ1) is 12.0. The number of nitrogens with zero attached hydrogens (tertiary/aromatic N) is 2. The summed E-state index contributed by atoms with van der Waals surface area (Å²) in [7, 11) is 0. The standard InChI is InChI=1S/C16H17Cl2N3O4/c1-3-23-15-12(8-19-16(21-15)24-4-2)20-14(22)9-25-13-6-5-10(17)7-11(13)18/h5-8H,3-4,9H2,1-2H3,(H,20,22). The van der Waals surface area contributed by atoms with Gasteiger partial charge in [-0.2, -0.15) is 4.98 Å². The molecule has 1 heterocycles. The molecule has 0 radical (unpaired) electrons. The lowest BCUT2D eigenvalue weighted by atomic mass is 10.3. The molecule has 0 saturated carbocycles. The summed E-state index contributed by atoms with van der Waals surface area (Å²) in [6.45, 7) is 4.17. The minimum Gasteiger partial charge on any atom is -0.482 e. The number of benzene rings is 1. The maximum Gasteiger partial charge on any atom is 0.319 e. The lowest BCUT2D eigenvalue weighted by molar-refractivity contribution is -0.118. The van der Waals surface area contributed by atoms with Crippen LogP contribution in [0, 0.1) is 0 Å². The van der Waals surface area contributed by atoms with E-state index in [1.807, 2.05) is 6.92 Å². The zero-order valence-corrected chi connectivity index (χ0v) is 15.2. The minimum atomic E-state index is -0.417. The quantitative estimate of drug-likeness (QED) is 0.747. The van der Waals surface area contributed by atoms with Gasteiger partial charge in [-0.15, -0.1) is 0 Å². The zero-order valence-electron chi connectivity index (χ0n) is 13.7. The van der Waals surface area contributed by atoms with Crippen LogP contribution < -0.4 is 19.5 Å². The molecule has 0 aliphatic carbocycles. The van der Waals surface area contributed by atoms with Crippen molar-refractivity contribution < 1.29 is 19.0 Å². The van der Waals surface area contributed by atoms with E-state index in [2.05, 4.69) is 15.3 Å². The third-order valence-corrected chi connectivity index (χ3v) is 3.34. The number of rotatable bonds is 8. The Bertz CT molecular complexity index is 743. The predicted octanol–water partition coefficient (Wildman–Crippen LogP) is 3.60. The van der Waals surface area contributed by atoms with Crippen LogP contribution in [0.5, 0.6) is 17.6 Å². The number of hydrogen-bond acceptors (Lipinski definition) is 6. The summed E-state index contributed by atoms with van der Waals surface area (Å²) in [5, 5.41) is 3.43. The number of aromatic nitrogens is 2. The van der Waals surface area contributed by atoms with Gasteiger partial charge >= 0.3 is 6.01 Å². The molecule has 0 spiro atoms. The van der Waals surface area contributed by atoms with Crippen molar-refractivity contribution in [2.45, 2.75) is 13.8 Å². The van der Waals surface area contributed by atoms with E-state index < -0.39 is 5.91 Å². The summed E-state index contributed by atoms with van der Waals surface area (Å²) >= 11 is 11.8. The van der Waals surface area contributed by atoms with Gasteiger partial charge in [-0.1, -0.05) is 23.2 Å². The van der Waals surface area contributed by atoms with Gasteiger partial charge in [0.1, 0.15) is 11.4 Å². The maximum atomic E-state index is 12.1. The molecule has 1 aromatic carbocycles. The fourth-order valence-corrected chi connectivity index (χ4v) is 2.27. The van der Waals surface area contributed by atoms with E-state index in [1.165, 1.54) is 12.3 Å². The van der Waals surface area contributed by atoms with Crippen LogP contribution in [0.3, 0.4) is 0 Å². The highest BCUT2D eigenvalue weighted by Crippen LogP contribution is 2.27. The molecule has 134 valence electrons. The fraction of sp³-hybridized carbons (Fsp3) is 0.312. The molecule has 2 rings (SSSR count). The Labute approximate surface area is 155 Å². The molecule has 0 aliphatic heterocycles. The Hall–Kier alpha value is -2.25. The summed E-state index contributed by atoms with van der Waals surface area (Å²) in [6, 6.07) is 4.91. The molecule has 0 fully saturated rings. The van der Waals surface area contributed by atoms with E-state index in [4.69, 9.17) is 37.4 Å². The molecule has 0 saturated heterocycles. The Kier molecular flexibility index (Phi) is 7.09. The molecule has 0 aliphatic rings. The number of halogens is 2. The van der Waals surface area contributed by atoms with Crippen LogP contribution in [0.2, 0.25) is 10.0 Å². The smallest absolute Gasteiger partial charge is 0.319 e. The Morgan fingerprint density at radius 1 is 1.16 bits per heavy atom. The number of amides is 1.